The minimum atomic E-state index is -0.291. The maximum absolute atomic E-state index is 12.2. The van der Waals surface area contributed by atoms with Gasteiger partial charge in [0.1, 0.15) is 11.8 Å². The summed E-state index contributed by atoms with van der Waals surface area (Å²) in [7, 11) is 0. The van der Waals surface area contributed by atoms with E-state index in [2.05, 4.69) is 20.3 Å². The number of fused-ring (bicyclic) bond motifs is 1. The number of aromatic nitrogens is 3. The van der Waals surface area contributed by atoms with E-state index in [0.29, 0.717) is 29.0 Å². The highest BCUT2D eigenvalue weighted by atomic mass is 16.3. The van der Waals surface area contributed by atoms with Crippen LogP contribution < -0.4 is 11.1 Å². The van der Waals surface area contributed by atoms with E-state index < -0.39 is 0 Å². The Kier molecular flexibility index (Phi) is 4.52. The highest BCUT2D eigenvalue weighted by Gasteiger charge is 2.20. The minimum absolute atomic E-state index is 0.0869. The smallest absolute Gasteiger partial charge is 0.227 e. The molecule has 2 atom stereocenters. The Morgan fingerprint density at radius 2 is 2.29 bits per heavy atom. The number of pyridine rings is 1. The molecule has 1 aliphatic carbocycles. The van der Waals surface area contributed by atoms with Crippen molar-refractivity contribution < 1.29 is 9.90 Å². The maximum Gasteiger partial charge on any atom is 0.227 e. The minimum Gasteiger partial charge on any atom is -0.394 e. The lowest BCUT2D eigenvalue weighted by atomic mass is 9.93. The molecule has 2 aromatic rings. The lowest BCUT2D eigenvalue weighted by Gasteiger charge is -2.19. The molecule has 0 saturated heterocycles. The van der Waals surface area contributed by atoms with Gasteiger partial charge in [-0.15, -0.1) is 0 Å². The van der Waals surface area contributed by atoms with Gasteiger partial charge in [0.2, 0.25) is 5.91 Å². The number of rotatable bonds is 4. The average Bonchev–Trinajstić information content (AvgIpc) is 2.61. The maximum atomic E-state index is 12.2. The number of nitrogen functional groups attached to an aromatic ring is 1. The van der Waals surface area contributed by atoms with Crippen molar-refractivity contribution in [1.82, 2.24) is 20.3 Å². The monoisotopic (exact) mass is 325 g/mol. The van der Waals surface area contributed by atoms with Gasteiger partial charge in [-0.05, 0) is 31.1 Å². The molecule has 4 N–H and O–H groups in total. The van der Waals surface area contributed by atoms with Gasteiger partial charge in [-0.3, -0.25) is 4.79 Å². The summed E-state index contributed by atoms with van der Waals surface area (Å²) in [6, 6.07) is 3.42. The fraction of sp³-hybridized carbons (Fsp3) is 0.294. The molecule has 0 aliphatic heterocycles. The molecule has 0 fully saturated rings. The van der Waals surface area contributed by atoms with Crippen LogP contribution in [0, 0.1) is 5.92 Å². The highest BCUT2D eigenvalue weighted by molar-refractivity contribution is 5.89. The molecule has 0 aromatic carbocycles. The van der Waals surface area contributed by atoms with Gasteiger partial charge < -0.3 is 16.2 Å². The molecule has 24 heavy (non-hydrogen) atoms. The first-order valence-electron chi connectivity index (χ1n) is 7.75. The number of anilines is 1. The summed E-state index contributed by atoms with van der Waals surface area (Å²) >= 11 is 0. The molecule has 2 unspecified atom stereocenters. The second-order valence-corrected chi connectivity index (χ2v) is 5.78. The SMILES string of the molecule is CC(CO)NC(=O)C1C=C(c2ccc3ncnc(N)c3n2)C=CC1. The largest absolute Gasteiger partial charge is 0.394 e. The molecular weight excluding hydrogens is 306 g/mol. The normalized spacial score (nSPS) is 18.2. The fourth-order valence-corrected chi connectivity index (χ4v) is 2.55. The fourth-order valence-electron chi connectivity index (χ4n) is 2.55. The van der Waals surface area contributed by atoms with E-state index >= 15 is 0 Å². The van der Waals surface area contributed by atoms with E-state index in [4.69, 9.17) is 10.8 Å². The highest BCUT2D eigenvalue weighted by Crippen LogP contribution is 2.26. The van der Waals surface area contributed by atoms with Crippen molar-refractivity contribution in [3.63, 3.8) is 0 Å². The molecule has 0 bridgehead atoms. The standard InChI is InChI=1S/C17H19N5O2/c1-10(8-23)21-17(24)12-4-2-3-11(7-12)13-5-6-14-15(22-13)16(18)20-9-19-14/h2-3,5-7,9-10,12,23H,4,8H2,1H3,(H,21,24)(H2,18,19,20). The number of nitrogens with zero attached hydrogens (tertiary/aromatic N) is 3. The summed E-state index contributed by atoms with van der Waals surface area (Å²) in [5.41, 5.74) is 8.65. The number of aliphatic hydroxyl groups is 1. The van der Waals surface area contributed by atoms with Crippen molar-refractivity contribution in [2.24, 2.45) is 5.92 Å². The molecule has 1 amide bonds. The van der Waals surface area contributed by atoms with Gasteiger partial charge in [0.05, 0.1) is 23.7 Å². The van der Waals surface area contributed by atoms with Crippen molar-refractivity contribution in [3.05, 3.63) is 42.4 Å². The summed E-state index contributed by atoms with van der Waals surface area (Å²) in [4.78, 5) is 24.9. The van der Waals surface area contributed by atoms with Crippen LogP contribution in [0.1, 0.15) is 19.0 Å². The van der Waals surface area contributed by atoms with Crippen molar-refractivity contribution in [2.45, 2.75) is 19.4 Å². The molecule has 0 radical (unpaired) electrons. The Balaban J connectivity index is 1.89. The van der Waals surface area contributed by atoms with Crippen LogP contribution in [-0.4, -0.2) is 38.6 Å². The molecule has 3 rings (SSSR count). The molecule has 124 valence electrons. The number of carbonyl (C=O) groups excluding carboxylic acids is 1. The number of carbonyl (C=O) groups is 1. The molecule has 2 aromatic heterocycles. The van der Waals surface area contributed by atoms with E-state index in [9.17, 15) is 4.79 Å². The van der Waals surface area contributed by atoms with Gasteiger partial charge in [-0.2, -0.15) is 0 Å². The van der Waals surface area contributed by atoms with E-state index in [-0.39, 0.29) is 24.5 Å². The van der Waals surface area contributed by atoms with Crippen molar-refractivity contribution >= 4 is 28.3 Å². The second-order valence-electron chi connectivity index (χ2n) is 5.78. The molecule has 1 aliphatic rings. The average molecular weight is 325 g/mol. The number of hydrogen-bond acceptors (Lipinski definition) is 6. The van der Waals surface area contributed by atoms with Gasteiger partial charge >= 0.3 is 0 Å². The predicted octanol–water partition coefficient (Wildman–Crippen LogP) is 1.06. The third-order valence-corrected chi connectivity index (χ3v) is 3.87. The number of amides is 1. The molecule has 0 saturated carbocycles. The Bertz CT molecular complexity index is 831. The first-order chi connectivity index (χ1) is 11.6. The molecule has 7 nitrogen and oxygen atoms in total. The summed E-state index contributed by atoms with van der Waals surface area (Å²) in [5.74, 6) is -0.0730. The number of allylic oxidation sites excluding steroid dienone is 3. The van der Waals surface area contributed by atoms with Crippen LogP contribution in [0.15, 0.2) is 36.7 Å². The van der Waals surface area contributed by atoms with Gasteiger partial charge in [-0.1, -0.05) is 18.2 Å². The molecule has 0 spiro atoms. The Hall–Kier alpha value is -2.80. The third kappa shape index (κ3) is 3.26. The number of aliphatic hydroxyl groups excluding tert-OH is 1. The summed E-state index contributed by atoms with van der Waals surface area (Å²) in [5, 5.41) is 11.8. The first-order valence-corrected chi connectivity index (χ1v) is 7.75. The van der Waals surface area contributed by atoms with Crippen LogP contribution in [-0.2, 0) is 4.79 Å². The summed E-state index contributed by atoms with van der Waals surface area (Å²) < 4.78 is 0. The zero-order valence-corrected chi connectivity index (χ0v) is 13.3. The van der Waals surface area contributed by atoms with E-state index in [1.807, 2.05) is 30.4 Å². The third-order valence-electron chi connectivity index (χ3n) is 3.87. The van der Waals surface area contributed by atoms with E-state index in [0.717, 1.165) is 5.57 Å². The summed E-state index contributed by atoms with van der Waals surface area (Å²) in [6.45, 7) is 1.67. The lowest BCUT2D eigenvalue weighted by molar-refractivity contribution is -0.124. The Morgan fingerprint density at radius 3 is 3.08 bits per heavy atom. The number of nitrogens with one attached hydrogen (secondary N) is 1. The van der Waals surface area contributed by atoms with Gasteiger partial charge in [0, 0.05) is 6.04 Å². The Labute approximate surface area is 139 Å². The van der Waals surface area contributed by atoms with Crippen LogP contribution in [0.4, 0.5) is 5.82 Å². The van der Waals surface area contributed by atoms with Crippen LogP contribution in [0.3, 0.4) is 0 Å². The number of hydrogen-bond donors (Lipinski definition) is 3. The summed E-state index contributed by atoms with van der Waals surface area (Å²) in [6.07, 6.45) is 7.79. The van der Waals surface area contributed by atoms with Gasteiger partial charge in [0.15, 0.2) is 5.82 Å². The van der Waals surface area contributed by atoms with E-state index in [1.54, 1.807) is 6.92 Å². The zero-order chi connectivity index (χ0) is 17.1. The van der Waals surface area contributed by atoms with Gasteiger partial charge in [-0.25, -0.2) is 15.0 Å². The van der Waals surface area contributed by atoms with Gasteiger partial charge in [0.25, 0.3) is 0 Å². The molecular formula is C17H19N5O2. The van der Waals surface area contributed by atoms with E-state index in [1.165, 1.54) is 6.33 Å². The predicted molar refractivity (Wildman–Crippen MR) is 91.7 cm³/mol. The number of nitrogens with two attached hydrogens (primary N) is 1. The van der Waals surface area contributed by atoms with Crippen LogP contribution in [0.2, 0.25) is 0 Å². The Morgan fingerprint density at radius 1 is 1.46 bits per heavy atom. The molecule has 2 heterocycles. The van der Waals surface area contributed by atoms with Crippen molar-refractivity contribution in [1.29, 1.82) is 0 Å². The first kappa shape index (κ1) is 16.1. The zero-order valence-electron chi connectivity index (χ0n) is 13.3. The topological polar surface area (TPSA) is 114 Å². The lowest BCUT2D eigenvalue weighted by Crippen LogP contribution is -2.38. The van der Waals surface area contributed by atoms with Crippen LogP contribution >= 0.6 is 0 Å². The quantitative estimate of drug-likeness (QED) is 0.774. The van der Waals surface area contributed by atoms with Crippen LogP contribution in [0.5, 0.6) is 0 Å². The van der Waals surface area contributed by atoms with Crippen LogP contribution in [0.25, 0.3) is 16.6 Å². The van der Waals surface area contributed by atoms with Crippen molar-refractivity contribution in [3.8, 4) is 0 Å². The molecule has 7 heteroatoms. The second kappa shape index (κ2) is 6.76. The van der Waals surface area contributed by atoms with Crippen molar-refractivity contribution in [2.75, 3.05) is 12.3 Å².